The summed E-state index contributed by atoms with van der Waals surface area (Å²) in [5.74, 6) is -0.663. The minimum atomic E-state index is -0.545. The molecule has 0 fully saturated rings. The van der Waals surface area contributed by atoms with Gasteiger partial charge in [-0.1, -0.05) is 38.4 Å². The van der Waals surface area contributed by atoms with Gasteiger partial charge in [-0.05, 0) is 17.5 Å². The van der Waals surface area contributed by atoms with E-state index in [1.165, 1.54) is 12.1 Å². The highest BCUT2D eigenvalue weighted by Gasteiger charge is 2.20. The van der Waals surface area contributed by atoms with E-state index in [1.807, 2.05) is 20.8 Å². The van der Waals surface area contributed by atoms with Crippen molar-refractivity contribution in [1.29, 1.82) is 0 Å². The topological polar surface area (TPSA) is 17.1 Å². The highest BCUT2D eigenvalue weighted by molar-refractivity contribution is 6.34. The van der Waals surface area contributed by atoms with Crippen molar-refractivity contribution in [3.8, 4) is 0 Å². The summed E-state index contributed by atoms with van der Waals surface area (Å²) in [6, 6.07) is 4.30. The number of ketones is 1. The van der Waals surface area contributed by atoms with Gasteiger partial charge in [-0.15, -0.1) is 0 Å². The Morgan fingerprint density at radius 2 is 2.00 bits per heavy atom. The van der Waals surface area contributed by atoms with Gasteiger partial charge in [-0.3, -0.25) is 4.79 Å². The van der Waals surface area contributed by atoms with Gasteiger partial charge in [0.05, 0.1) is 5.02 Å². The summed E-state index contributed by atoms with van der Waals surface area (Å²) in [7, 11) is 0. The second kappa shape index (κ2) is 4.31. The van der Waals surface area contributed by atoms with E-state index in [0.29, 0.717) is 6.42 Å². The lowest BCUT2D eigenvalue weighted by Gasteiger charge is -2.17. The van der Waals surface area contributed by atoms with E-state index in [2.05, 4.69) is 0 Å². The number of Topliss-reactive ketones (excluding diaryl/α,β-unsaturated/α-hetero) is 1. The zero-order valence-corrected chi connectivity index (χ0v) is 9.86. The van der Waals surface area contributed by atoms with Crippen LogP contribution in [0, 0.1) is 11.2 Å². The van der Waals surface area contributed by atoms with Crippen LogP contribution in [0.4, 0.5) is 4.39 Å². The normalized spacial score (nSPS) is 11.5. The third-order valence-electron chi connectivity index (χ3n) is 1.94. The smallest absolute Gasteiger partial charge is 0.165 e. The van der Waals surface area contributed by atoms with Gasteiger partial charge < -0.3 is 0 Å². The van der Waals surface area contributed by atoms with Crippen LogP contribution in [0.3, 0.4) is 0 Å². The lowest BCUT2D eigenvalue weighted by atomic mass is 9.88. The summed E-state index contributed by atoms with van der Waals surface area (Å²) in [6.07, 6.45) is 0.357. The van der Waals surface area contributed by atoms with Gasteiger partial charge in [-0.2, -0.15) is 0 Å². The first kappa shape index (κ1) is 12.2. The fourth-order valence-electron chi connectivity index (χ4n) is 1.30. The van der Waals surface area contributed by atoms with Crippen molar-refractivity contribution in [1.82, 2.24) is 0 Å². The number of benzene rings is 1. The molecule has 3 heteroatoms. The van der Waals surface area contributed by atoms with Crippen LogP contribution >= 0.6 is 11.6 Å². The number of hydrogen-bond donors (Lipinski definition) is 0. The zero-order chi connectivity index (χ0) is 11.6. The summed E-state index contributed by atoms with van der Waals surface area (Å²) in [6.45, 7) is 5.87. The summed E-state index contributed by atoms with van der Waals surface area (Å²) in [5.41, 5.74) is 0.152. The molecule has 1 aromatic rings. The first-order valence-corrected chi connectivity index (χ1v) is 5.16. The highest BCUT2D eigenvalue weighted by atomic mass is 35.5. The average Bonchev–Trinajstić information content (AvgIpc) is 2.06. The Labute approximate surface area is 94.3 Å². The molecule has 0 aromatic heterocycles. The Morgan fingerprint density at radius 1 is 1.40 bits per heavy atom. The molecule has 0 radical (unpaired) electrons. The van der Waals surface area contributed by atoms with Gasteiger partial charge in [0.1, 0.15) is 5.82 Å². The predicted octanol–water partition coefficient (Wildman–Crippen LogP) is 4.10. The van der Waals surface area contributed by atoms with Crippen LogP contribution in [0.25, 0.3) is 0 Å². The second-order valence-electron chi connectivity index (χ2n) is 4.76. The lowest BCUT2D eigenvalue weighted by Crippen LogP contribution is -2.13. The molecule has 0 heterocycles. The molecule has 15 heavy (non-hydrogen) atoms. The van der Waals surface area contributed by atoms with E-state index in [9.17, 15) is 9.18 Å². The molecule has 0 aliphatic carbocycles. The molecule has 1 aromatic carbocycles. The first-order chi connectivity index (χ1) is 6.81. The minimum Gasteiger partial charge on any atom is -0.294 e. The van der Waals surface area contributed by atoms with Crippen molar-refractivity contribution in [3.05, 3.63) is 34.6 Å². The van der Waals surface area contributed by atoms with Crippen LogP contribution in [0.1, 0.15) is 37.6 Å². The molecule has 0 aliphatic heterocycles. The van der Waals surface area contributed by atoms with Crippen LogP contribution in [-0.4, -0.2) is 5.78 Å². The third kappa shape index (κ3) is 3.31. The quantitative estimate of drug-likeness (QED) is 0.697. The maximum absolute atomic E-state index is 13.1. The Balaban J connectivity index is 2.97. The molecule has 0 saturated heterocycles. The fourth-order valence-corrected chi connectivity index (χ4v) is 1.53. The van der Waals surface area contributed by atoms with Gasteiger partial charge in [0.2, 0.25) is 0 Å². The maximum atomic E-state index is 13.1. The minimum absolute atomic E-state index is 0.0771. The van der Waals surface area contributed by atoms with Crippen molar-refractivity contribution >= 4 is 17.4 Å². The van der Waals surface area contributed by atoms with Crippen LogP contribution in [0.2, 0.25) is 5.02 Å². The molecular formula is C12H14ClFO. The van der Waals surface area contributed by atoms with Crippen molar-refractivity contribution in [2.75, 3.05) is 0 Å². The molecule has 0 N–H and O–H groups in total. The van der Waals surface area contributed by atoms with Crippen molar-refractivity contribution in [3.63, 3.8) is 0 Å². The number of rotatable bonds is 2. The van der Waals surface area contributed by atoms with Crippen molar-refractivity contribution in [2.24, 2.45) is 5.41 Å². The number of carbonyl (C=O) groups is 1. The largest absolute Gasteiger partial charge is 0.294 e. The fraction of sp³-hybridized carbons (Fsp3) is 0.417. The molecule has 0 aliphatic rings. The summed E-state index contributed by atoms with van der Waals surface area (Å²) < 4.78 is 13.1. The van der Waals surface area contributed by atoms with Gasteiger partial charge in [-0.25, -0.2) is 4.39 Å². The van der Waals surface area contributed by atoms with E-state index < -0.39 is 5.82 Å². The zero-order valence-electron chi connectivity index (χ0n) is 9.10. The average molecular weight is 229 g/mol. The molecule has 1 nitrogen and oxygen atoms in total. The molecular weight excluding hydrogens is 215 g/mol. The van der Waals surface area contributed by atoms with Crippen molar-refractivity contribution in [2.45, 2.75) is 27.2 Å². The van der Waals surface area contributed by atoms with Gasteiger partial charge in [0, 0.05) is 12.0 Å². The van der Waals surface area contributed by atoms with E-state index in [1.54, 1.807) is 6.07 Å². The molecule has 0 amide bonds. The highest BCUT2D eigenvalue weighted by Crippen LogP contribution is 2.26. The van der Waals surface area contributed by atoms with Gasteiger partial charge in [0.15, 0.2) is 5.78 Å². The van der Waals surface area contributed by atoms with Crippen LogP contribution in [-0.2, 0) is 0 Å². The van der Waals surface area contributed by atoms with E-state index in [4.69, 9.17) is 11.6 Å². The van der Waals surface area contributed by atoms with Crippen LogP contribution in [0.15, 0.2) is 18.2 Å². The van der Waals surface area contributed by atoms with Crippen LogP contribution in [0.5, 0.6) is 0 Å². The molecule has 0 spiro atoms. The molecule has 0 atom stereocenters. The Kier molecular flexibility index (Phi) is 3.50. The van der Waals surface area contributed by atoms with E-state index >= 15 is 0 Å². The lowest BCUT2D eigenvalue weighted by molar-refractivity contribution is 0.0939. The summed E-state index contributed by atoms with van der Waals surface area (Å²) >= 11 is 5.72. The number of carbonyl (C=O) groups excluding carboxylic acids is 1. The summed E-state index contributed by atoms with van der Waals surface area (Å²) in [4.78, 5) is 11.8. The molecule has 1 rings (SSSR count). The third-order valence-corrected chi connectivity index (χ3v) is 2.33. The molecule has 0 bridgehead atoms. The van der Waals surface area contributed by atoms with Crippen molar-refractivity contribution < 1.29 is 9.18 Å². The predicted molar refractivity (Wildman–Crippen MR) is 59.8 cm³/mol. The van der Waals surface area contributed by atoms with Gasteiger partial charge in [0.25, 0.3) is 0 Å². The second-order valence-corrected chi connectivity index (χ2v) is 5.14. The summed E-state index contributed by atoms with van der Waals surface area (Å²) in [5, 5.41) is -0.0771. The number of halogens is 2. The van der Waals surface area contributed by atoms with Crippen LogP contribution < -0.4 is 0 Å². The maximum Gasteiger partial charge on any atom is 0.165 e. The Bertz CT molecular complexity index is 380. The standard InChI is InChI=1S/C12H14ClFO/c1-12(2,3)7-10(15)8-5-4-6-9(14)11(8)13/h4-6H,7H2,1-3H3. The molecule has 0 unspecified atom stereocenters. The molecule has 0 saturated carbocycles. The van der Waals surface area contributed by atoms with Gasteiger partial charge >= 0.3 is 0 Å². The first-order valence-electron chi connectivity index (χ1n) is 4.78. The Hall–Kier alpha value is -0.890. The number of hydrogen-bond acceptors (Lipinski definition) is 1. The Morgan fingerprint density at radius 3 is 2.53 bits per heavy atom. The van der Waals surface area contributed by atoms with E-state index in [0.717, 1.165) is 0 Å². The monoisotopic (exact) mass is 228 g/mol. The molecule has 82 valence electrons. The SMILES string of the molecule is CC(C)(C)CC(=O)c1cccc(F)c1Cl. The van der Waals surface area contributed by atoms with E-state index in [-0.39, 0.29) is 21.8 Å².